The van der Waals surface area contributed by atoms with Crippen molar-refractivity contribution in [2.45, 2.75) is 57.9 Å². The number of aromatic nitrogens is 2. The second-order valence-electron chi connectivity index (χ2n) is 8.44. The van der Waals surface area contributed by atoms with Gasteiger partial charge in [-0.05, 0) is 58.5 Å². The van der Waals surface area contributed by atoms with Crippen LogP contribution in [0.2, 0.25) is 0 Å². The van der Waals surface area contributed by atoms with Crippen molar-refractivity contribution < 1.29 is 0 Å². The highest BCUT2D eigenvalue weighted by atomic mass is 35.5. The Balaban J connectivity index is 1.56. The molecule has 0 aromatic carbocycles. The first-order valence-electron chi connectivity index (χ1n) is 11.7. The van der Waals surface area contributed by atoms with E-state index in [0.717, 1.165) is 69.8 Å². The fraction of sp³-hybridized carbons (Fsp3) is 0.609. The first kappa shape index (κ1) is 24.3. The van der Waals surface area contributed by atoms with E-state index in [1.165, 1.54) is 31.3 Å². The van der Waals surface area contributed by atoms with Crippen molar-refractivity contribution >= 4 is 29.8 Å². The number of rotatable bonds is 9. The van der Waals surface area contributed by atoms with Crippen LogP contribution in [0.5, 0.6) is 0 Å². The fourth-order valence-corrected chi connectivity index (χ4v) is 4.35. The summed E-state index contributed by atoms with van der Waals surface area (Å²) in [6, 6.07) is 0.421. The molecule has 2 saturated heterocycles. The molecule has 0 amide bonds. The molecule has 176 valence electrons. The van der Waals surface area contributed by atoms with E-state index in [1.54, 1.807) is 6.21 Å². The van der Waals surface area contributed by atoms with Gasteiger partial charge < -0.3 is 21.3 Å². The van der Waals surface area contributed by atoms with E-state index in [9.17, 15) is 0 Å². The molecule has 0 saturated carbocycles. The minimum absolute atomic E-state index is 0.417. The highest BCUT2D eigenvalue weighted by Gasteiger charge is 2.17. The molecule has 0 aliphatic carbocycles. The third-order valence-electron chi connectivity index (χ3n) is 6.06. The van der Waals surface area contributed by atoms with Gasteiger partial charge in [0.15, 0.2) is 0 Å². The van der Waals surface area contributed by atoms with E-state index in [2.05, 4.69) is 37.2 Å². The molecule has 4 N–H and O–H groups in total. The number of likely N-dealkylation sites (tertiary alicyclic amines) is 1. The van der Waals surface area contributed by atoms with Gasteiger partial charge in [-0.15, -0.1) is 0 Å². The number of halogens is 1. The number of hydrogen-bond donors (Lipinski definition) is 3. The summed E-state index contributed by atoms with van der Waals surface area (Å²) < 4.78 is 2.04. The van der Waals surface area contributed by atoms with Crippen LogP contribution in [-0.2, 0) is 0 Å². The summed E-state index contributed by atoms with van der Waals surface area (Å²) in [4.78, 5) is 11.1. The summed E-state index contributed by atoms with van der Waals surface area (Å²) in [5.41, 5.74) is 8.49. The zero-order valence-corrected chi connectivity index (χ0v) is 19.9. The molecule has 0 unspecified atom stereocenters. The van der Waals surface area contributed by atoms with Crippen LogP contribution in [-0.4, -0.2) is 60.0 Å². The van der Waals surface area contributed by atoms with Gasteiger partial charge in [-0.25, -0.2) is 4.99 Å². The van der Waals surface area contributed by atoms with Crippen molar-refractivity contribution in [1.29, 1.82) is 0 Å². The Morgan fingerprint density at radius 2 is 2.19 bits per heavy atom. The van der Waals surface area contributed by atoms with Crippen LogP contribution < -0.4 is 16.4 Å². The molecular weight excluding hydrogens is 424 g/mol. The number of allylic oxidation sites excluding steroid dienone is 2. The third kappa shape index (κ3) is 7.10. The van der Waals surface area contributed by atoms with Crippen LogP contribution in [0.25, 0.3) is 0 Å². The number of hydrogen-bond acceptors (Lipinski definition) is 6. The lowest BCUT2D eigenvalue weighted by Crippen LogP contribution is -2.29. The third-order valence-corrected chi connectivity index (χ3v) is 6.33. The lowest BCUT2D eigenvalue weighted by Gasteiger charge is -2.24. The van der Waals surface area contributed by atoms with Gasteiger partial charge in [0.1, 0.15) is 16.5 Å². The van der Waals surface area contributed by atoms with Crippen LogP contribution in [0.1, 0.15) is 56.7 Å². The van der Waals surface area contributed by atoms with Crippen LogP contribution in [0.15, 0.2) is 39.3 Å². The van der Waals surface area contributed by atoms with Gasteiger partial charge in [-0.3, -0.25) is 9.67 Å². The summed E-state index contributed by atoms with van der Waals surface area (Å²) >= 11 is 6.49. The van der Waals surface area contributed by atoms with Gasteiger partial charge in [-0.2, -0.15) is 5.10 Å². The van der Waals surface area contributed by atoms with Crippen molar-refractivity contribution in [3.05, 3.63) is 35.0 Å². The first-order valence-corrected chi connectivity index (χ1v) is 12.1. The molecule has 32 heavy (non-hydrogen) atoms. The Hall–Kier alpha value is -2.32. The summed E-state index contributed by atoms with van der Waals surface area (Å²) in [5, 5.41) is 11.7. The van der Waals surface area contributed by atoms with Crippen molar-refractivity contribution in [2.75, 3.05) is 32.7 Å². The van der Waals surface area contributed by atoms with Crippen molar-refractivity contribution in [2.24, 2.45) is 15.7 Å². The first-order chi connectivity index (χ1) is 15.6. The largest absolute Gasteiger partial charge is 0.390 e. The summed E-state index contributed by atoms with van der Waals surface area (Å²) in [6.45, 7) is 11.1. The molecule has 2 aliphatic heterocycles. The van der Waals surface area contributed by atoms with E-state index in [-0.39, 0.29) is 0 Å². The molecule has 3 heterocycles. The predicted octanol–water partition coefficient (Wildman–Crippen LogP) is 3.58. The molecular formula is C23H37ClN8. The Kier molecular flexibility index (Phi) is 9.62. The number of aryl methyl sites for hydroxylation is 1. The second-order valence-corrected chi connectivity index (χ2v) is 8.85. The van der Waals surface area contributed by atoms with E-state index in [4.69, 9.17) is 17.3 Å². The average molecular weight is 461 g/mol. The van der Waals surface area contributed by atoms with Crippen LogP contribution in [0, 0.1) is 6.92 Å². The molecule has 0 spiro atoms. The Bertz CT molecular complexity index is 835. The number of nitrogens with zero attached hydrogens (tertiary/aromatic N) is 5. The van der Waals surface area contributed by atoms with Crippen LogP contribution >= 0.6 is 11.6 Å². The summed E-state index contributed by atoms with van der Waals surface area (Å²) in [5.74, 6) is 0.524. The molecule has 0 atom stereocenters. The van der Waals surface area contributed by atoms with Gasteiger partial charge in [0, 0.05) is 25.3 Å². The molecule has 9 heteroatoms. The Labute approximate surface area is 196 Å². The minimum Gasteiger partial charge on any atom is -0.390 e. The van der Waals surface area contributed by atoms with Gasteiger partial charge in [0.25, 0.3) is 0 Å². The molecule has 1 aromatic rings. The molecule has 1 aromatic heterocycles. The molecule has 8 nitrogen and oxygen atoms in total. The number of nitrogens with one attached hydrogen (secondary N) is 2. The van der Waals surface area contributed by atoms with E-state index in [1.807, 2.05) is 17.8 Å². The van der Waals surface area contributed by atoms with E-state index >= 15 is 0 Å². The Morgan fingerprint density at radius 3 is 2.97 bits per heavy atom. The van der Waals surface area contributed by atoms with Gasteiger partial charge >= 0.3 is 0 Å². The molecule has 3 rings (SSSR count). The molecule has 2 aliphatic rings. The zero-order valence-electron chi connectivity index (χ0n) is 19.2. The maximum absolute atomic E-state index is 6.49. The number of nitrogens with two attached hydrogens (primary N) is 1. The highest BCUT2D eigenvalue weighted by molar-refractivity contribution is 6.39. The van der Waals surface area contributed by atoms with Crippen molar-refractivity contribution in [1.82, 2.24) is 25.3 Å². The maximum Gasteiger partial charge on any atom is 0.148 e. The quantitative estimate of drug-likeness (QED) is 0.297. The zero-order chi connectivity index (χ0) is 22.8. The van der Waals surface area contributed by atoms with E-state index in [0.29, 0.717) is 16.9 Å². The predicted molar refractivity (Wildman–Crippen MR) is 134 cm³/mol. The Morgan fingerprint density at radius 1 is 1.38 bits per heavy atom. The normalized spacial score (nSPS) is 19.6. The monoisotopic (exact) mass is 460 g/mol. The smallest absolute Gasteiger partial charge is 0.148 e. The summed E-state index contributed by atoms with van der Waals surface area (Å²) in [6.07, 6.45) is 12.9. The van der Waals surface area contributed by atoms with Gasteiger partial charge in [0.05, 0.1) is 30.5 Å². The molecule has 2 fully saturated rings. The van der Waals surface area contributed by atoms with Crippen LogP contribution in [0.4, 0.5) is 5.69 Å². The highest BCUT2D eigenvalue weighted by Crippen LogP contribution is 2.24. The summed E-state index contributed by atoms with van der Waals surface area (Å²) in [7, 11) is 0. The number of piperidine rings is 1. The average Bonchev–Trinajstić information content (AvgIpc) is 3.05. The van der Waals surface area contributed by atoms with Crippen molar-refractivity contribution in [3.8, 4) is 0 Å². The number of aliphatic imine (C=N–C) groups is 2. The molecule has 0 radical (unpaired) electrons. The van der Waals surface area contributed by atoms with Gasteiger partial charge in [-0.1, -0.05) is 24.6 Å². The van der Waals surface area contributed by atoms with Crippen LogP contribution in [0.3, 0.4) is 0 Å². The standard InChI is InChI=1S/C23H37ClN8/c1-18-7-4-3-5-13-31(18)14-6-10-27-23(29-17-25)21(24)15-28-22-16-32(30-19(22)2)20-8-11-26-12-9-20/h15-17,20,26-27H,1,3-14H2,2H3,(H2,25,29)/b23-21+,28-15-. The van der Waals surface area contributed by atoms with Crippen molar-refractivity contribution in [3.63, 3.8) is 0 Å². The lowest BCUT2D eigenvalue weighted by molar-refractivity contribution is 0.339. The van der Waals surface area contributed by atoms with Gasteiger partial charge in [0.2, 0.25) is 0 Å². The lowest BCUT2D eigenvalue weighted by atomic mass is 10.1. The second kappa shape index (κ2) is 12.6. The maximum atomic E-state index is 6.49. The minimum atomic E-state index is 0.417. The fourth-order valence-electron chi connectivity index (χ4n) is 4.18. The SMILES string of the molecule is C=C1CCCCCN1CCCNC(/N=C/N)=C(Cl)/C=N\c1cn(C2CCNCC2)nc1C. The van der Waals surface area contributed by atoms with E-state index < -0.39 is 0 Å². The topological polar surface area (TPSA) is 95.9 Å². The molecule has 0 bridgehead atoms.